The number of nitrogens with zero attached hydrogens (tertiary/aromatic N) is 1. The summed E-state index contributed by atoms with van der Waals surface area (Å²) in [7, 11) is 0. The molecule has 2 aromatic rings. The summed E-state index contributed by atoms with van der Waals surface area (Å²) in [4.78, 5) is 37.0. The van der Waals surface area contributed by atoms with Crippen molar-refractivity contribution in [2.75, 3.05) is 16.8 Å². The average Bonchev–Trinajstić information content (AvgIpc) is 2.65. The first-order valence-corrected chi connectivity index (χ1v) is 9.16. The molecule has 27 heavy (non-hydrogen) atoms. The molecule has 6 heteroatoms. The van der Waals surface area contributed by atoms with E-state index < -0.39 is 0 Å². The predicted molar refractivity (Wildman–Crippen MR) is 102 cm³/mol. The van der Waals surface area contributed by atoms with Gasteiger partial charge < -0.3 is 15.5 Å². The number of aryl methyl sites for hydroxylation is 1. The summed E-state index contributed by atoms with van der Waals surface area (Å²) >= 11 is 0. The topological polar surface area (TPSA) is 78.5 Å². The highest BCUT2D eigenvalue weighted by atomic mass is 16.2. The van der Waals surface area contributed by atoms with E-state index in [1.165, 1.54) is 0 Å². The molecule has 0 atom stereocenters. The van der Waals surface area contributed by atoms with Gasteiger partial charge in [-0.15, -0.1) is 0 Å². The molecule has 138 valence electrons. The lowest BCUT2D eigenvalue weighted by Gasteiger charge is -2.30. The van der Waals surface area contributed by atoms with E-state index in [-0.39, 0.29) is 17.7 Å². The number of amides is 3. The fourth-order valence-electron chi connectivity index (χ4n) is 3.42. The molecule has 2 aliphatic heterocycles. The second kappa shape index (κ2) is 7.23. The Morgan fingerprint density at radius 2 is 1.93 bits per heavy atom. The molecule has 0 radical (unpaired) electrons. The van der Waals surface area contributed by atoms with Crippen molar-refractivity contribution in [1.29, 1.82) is 0 Å². The largest absolute Gasteiger partial charge is 0.352 e. The summed E-state index contributed by atoms with van der Waals surface area (Å²) in [5.74, 6) is 0.121. The number of carbonyl (C=O) groups excluding carboxylic acids is 3. The number of β-lactam (4-membered cyclic amide) rings is 1. The second-order valence-corrected chi connectivity index (χ2v) is 6.96. The number of benzene rings is 2. The molecule has 0 saturated carbocycles. The highest BCUT2D eigenvalue weighted by molar-refractivity contribution is 5.99. The number of nitrogens with one attached hydrogen (secondary N) is 2. The minimum absolute atomic E-state index is 0.0372. The summed E-state index contributed by atoms with van der Waals surface area (Å²) in [6.07, 6.45) is 2.09. The van der Waals surface area contributed by atoms with E-state index in [1.807, 2.05) is 42.5 Å². The number of carbonyl (C=O) groups is 3. The Morgan fingerprint density at radius 1 is 1.04 bits per heavy atom. The van der Waals surface area contributed by atoms with Crippen molar-refractivity contribution >= 4 is 29.1 Å². The molecular formula is C21H21N3O3. The molecule has 3 amide bonds. The molecule has 2 N–H and O–H groups in total. The van der Waals surface area contributed by atoms with Crippen molar-refractivity contribution in [1.82, 2.24) is 5.32 Å². The van der Waals surface area contributed by atoms with E-state index in [0.717, 1.165) is 34.6 Å². The van der Waals surface area contributed by atoms with Gasteiger partial charge in [0.1, 0.15) is 0 Å². The zero-order chi connectivity index (χ0) is 18.8. The minimum Gasteiger partial charge on any atom is -0.352 e. The van der Waals surface area contributed by atoms with Crippen molar-refractivity contribution < 1.29 is 14.4 Å². The number of hydrogen-bond acceptors (Lipinski definition) is 3. The maximum atomic E-state index is 12.3. The van der Waals surface area contributed by atoms with Crippen molar-refractivity contribution in [3.05, 3.63) is 59.2 Å². The zero-order valence-corrected chi connectivity index (χ0v) is 15.0. The summed E-state index contributed by atoms with van der Waals surface area (Å²) in [5.41, 5.74) is 4.70. The Kier molecular flexibility index (Phi) is 4.62. The third-order valence-corrected chi connectivity index (χ3v) is 4.99. The molecule has 4 rings (SSSR count). The fourth-order valence-corrected chi connectivity index (χ4v) is 3.42. The summed E-state index contributed by atoms with van der Waals surface area (Å²) in [5, 5.41) is 5.78. The van der Waals surface area contributed by atoms with Crippen molar-refractivity contribution in [2.24, 2.45) is 0 Å². The quantitative estimate of drug-likeness (QED) is 0.799. The monoisotopic (exact) mass is 363 g/mol. The first-order chi connectivity index (χ1) is 13.1. The first kappa shape index (κ1) is 17.3. The Labute approximate surface area is 157 Å². The maximum Gasteiger partial charge on any atom is 0.228 e. The highest BCUT2D eigenvalue weighted by Crippen LogP contribution is 2.24. The molecule has 0 spiro atoms. The summed E-state index contributed by atoms with van der Waals surface area (Å²) in [6, 6.07) is 13.4. The summed E-state index contributed by atoms with van der Waals surface area (Å²) in [6.45, 7) is 1.18. The van der Waals surface area contributed by atoms with Crippen LogP contribution in [-0.2, 0) is 33.8 Å². The van der Waals surface area contributed by atoms with Gasteiger partial charge >= 0.3 is 0 Å². The van der Waals surface area contributed by atoms with Crippen LogP contribution in [0.2, 0.25) is 0 Å². The molecule has 2 aromatic carbocycles. The van der Waals surface area contributed by atoms with Crippen LogP contribution in [0.15, 0.2) is 42.5 Å². The molecule has 2 aliphatic rings. The highest BCUT2D eigenvalue weighted by Gasteiger charge is 2.25. The van der Waals surface area contributed by atoms with Crippen molar-refractivity contribution in [2.45, 2.75) is 32.2 Å². The van der Waals surface area contributed by atoms with Crippen LogP contribution in [0.1, 0.15) is 29.5 Å². The van der Waals surface area contributed by atoms with Gasteiger partial charge in [0, 0.05) is 37.3 Å². The lowest BCUT2D eigenvalue weighted by atomic mass is 9.99. The molecule has 1 fully saturated rings. The predicted octanol–water partition coefficient (Wildman–Crippen LogP) is 2.17. The van der Waals surface area contributed by atoms with Crippen molar-refractivity contribution in [3.63, 3.8) is 0 Å². The maximum absolute atomic E-state index is 12.3. The van der Waals surface area contributed by atoms with Gasteiger partial charge in [0.2, 0.25) is 17.7 Å². The van der Waals surface area contributed by atoms with Gasteiger partial charge in [0.25, 0.3) is 0 Å². The number of hydrogen-bond donors (Lipinski definition) is 2. The van der Waals surface area contributed by atoms with Crippen LogP contribution in [0, 0.1) is 0 Å². The van der Waals surface area contributed by atoms with Crippen LogP contribution >= 0.6 is 0 Å². The Morgan fingerprint density at radius 3 is 2.70 bits per heavy atom. The first-order valence-electron chi connectivity index (χ1n) is 9.16. The van der Waals surface area contributed by atoms with Gasteiger partial charge in [-0.3, -0.25) is 14.4 Å². The van der Waals surface area contributed by atoms with Crippen LogP contribution in [-0.4, -0.2) is 24.3 Å². The lowest BCUT2D eigenvalue weighted by Crippen LogP contribution is -2.43. The Hall–Kier alpha value is -3.15. The molecule has 1 saturated heterocycles. The van der Waals surface area contributed by atoms with Gasteiger partial charge in [-0.25, -0.2) is 0 Å². The second-order valence-electron chi connectivity index (χ2n) is 6.96. The molecule has 6 nitrogen and oxygen atoms in total. The van der Waals surface area contributed by atoms with Crippen LogP contribution in [0.25, 0.3) is 0 Å². The molecule has 0 aromatic heterocycles. The van der Waals surface area contributed by atoms with Crippen LogP contribution < -0.4 is 15.5 Å². The van der Waals surface area contributed by atoms with E-state index >= 15 is 0 Å². The Bertz CT molecular complexity index is 923. The SMILES string of the molecule is O=C(Cc1ccc2c(c1)CCC(=O)N2)NCc1cccc(N2CCC2=O)c1. The molecule has 0 unspecified atom stereocenters. The van der Waals surface area contributed by atoms with Gasteiger partial charge in [0.15, 0.2) is 0 Å². The van der Waals surface area contributed by atoms with E-state index in [9.17, 15) is 14.4 Å². The van der Waals surface area contributed by atoms with Crippen LogP contribution in [0.3, 0.4) is 0 Å². The van der Waals surface area contributed by atoms with E-state index in [2.05, 4.69) is 10.6 Å². The normalized spacial score (nSPS) is 15.6. The average molecular weight is 363 g/mol. The lowest BCUT2D eigenvalue weighted by molar-refractivity contribution is -0.122. The van der Waals surface area contributed by atoms with E-state index in [4.69, 9.17) is 0 Å². The van der Waals surface area contributed by atoms with Crippen LogP contribution in [0.5, 0.6) is 0 Å². The molecular weight excluding hydrogens is 342 g/mol. The fraction of sp³-hybridized carbons (Fsp3) is 0.286. The number of anilines is 2. The molecule has 0 bridgehead atoms. The van der Waals surface area contributed by atoms with Gasteiger partial charge in [-0.05, 0) is 41.3 Å². The van der Waals surface area contributed by atoms with Gasteiger partial charge in [-0.2, -0.15) is 0 Å². The van der Waals surface area contributed by atoms with E-state index in [1.54, 1.807) is 4.90 Å². The smallest absolute Gasteiger partial charge is 0.228 e. The third-order valence-electron chi connectivity index (χ3n) is 4.99. The molecule has 2 heterocycles. The number of fused-ring (bicyclic) bond motifs is 1. The molecule has 0 aliphatic carbocycles. The standard InChI is InChI=1S/C21H21N3O3/c25-19-7-5-16-10-14(4-6-18(16)23-19)12-20(26)22-13-15-2-1-3-17(11-15)24-9-8-21(24)27/h1-4,6,10-11H,5,7-9,12-13H2,(H,22,26)(H,23,25). The third kappa shape index (κ3) is 3.84. The summed E-state index contributed by atoms with van der Waals surface area (Å²) < 4.78 is 0. The van der Waals surface area contributed by atoms with Crippen molar-refractivity contribution in [3.8, 4) is 0 Å². The minimum atomic E-state index is -0.0553. The Balaban J connectivity index is 1.34. The van der Waals surface area contributed by atoms with Crippen LogP contribution in [0.4, 0.5) is 11.4 Å². The van der Waals surface area contributed by atoms with E-state index in [0.29, 0.717) is 32.2 Å². The van der Waals surface area contributed by atoms with Gasteiger partial charge in [0.05, 0.1) is 6.42 Å². The number of rotatable bonds is 5. The zero-order valence-electron chi connectivity index (χ0n) is 15.0. The van der Waals surface area contributed by atoms with Gasteiger partial charge in [-0.1, -0.05) is 24.3 Å².